The highest BCUT2D eigenvalue weighted by atomic mass is 79.9. The number of carbonyl (C=O) groups excluding carboxylic acids is 4. The van der Waals surface area contributed by atoms with E-state index in [0.717, 1.165) is 4.47 Å². The summed E-state index contributed by atoms with van der Waals surface area (Å²) in [6.07, 6.45) is 2.40. The Balaban J connectivity index is 1.30. The number of halogens is 1. The third-order valence-electron chi connectivity index (χ3n) is 8.35. The number of para-hydroxylation sites is 1. The maximum atomic E-state index is 14.0. The van der Waals surface area contributed by atoms with Crippen LogP contribution in [0.15, 0.2) is 57.9 Å². The molecule has 0 unspecified atom stereocenters. The Morgan fingerprint density at radius 1 is 0.783 bits per heavy atom. The van der Waals surface area contributed by atoms with Gasteiger partial charge < -0.3 is 20.3 Å². The van der Waals surface area contributed by atoms with Crippen LogP contribution in [0, 0.1) is 0 Å². The van der Waals surface area contributed by atoms with Crippen molar-refractivity contribution in [3.05, 3.63) is 53.0 Å². The normalized spacial score (nSPS) is 22.1. The summed E-state index contributed by atoms with van der Waals surface area (Å²) in [5.74, 6) is -1.27. The topological polar surface area (TPSA) is 145 Å². The summed E-state index contributed by atoms with van der Waals surface area (Å²) in [4.78, 5) is 56.2. The van der Waals surface area contributed by atoms with Crippen LogP contribution in [0.25, 0.3) is 0 Å². The van der Waals surface area contributed by atoms with Gasteiger partial charge in [-0.15, -0.1) is 0 Å². The monoisotopic (exact) mass is 717 g/mol. The van der Waals surface area contributed by atoms with E-state index in [0.29, 0.717) is 57.3 Å². The molecule has 0 saturated carbocycles. The molecule has 3 saturated heterocycles. The van der Waals surface area contributed by atoms with Gasteiger partial charge in [-0.1, -0.05) is 28.1 Å². The number of carbonyl (C=O) groups is 4. The minimum Gasteiger partial charge on any atom is -0.444 e. The van der Waals surface area contributed by atoms with Crippen molar-refractivity contribution in [1.29, 1.82) is 0 Å². The van der Waals surface area contributed by atoms with E-state index in [-0.39, 0.29) is 23.0 Å². The lowest BCUT2D eigenvalue weighted by atomic mass is 10.1. The van der Waals surface area contributed by atoms with Crippen molar-refractivity contribution in [3.63, 3.8) is 0 Å². The molecule has 0 aliphatic carbocycles. The van der Waals surface area contributed by atoms with Gasteiger partial charge in [-0.3, -0.25) is 19.3 Å². The van der Waals surface area contributed by atoms with Gasteiger partial charge in [-0.25, -0.2) is 13.2 Å². The fraction of sp³-hybridized carbons (Fsp3) is 0.500. The Morgan fingerprint density at radius 2 is 1.37 bits per heavy atom. The molecule has 0 radical (unpaired) electrons. The second kappa shape index (κ2) is 13.7. The second-order valence-electron chi connectivity index (χ2n) is 12.8. The van der Waals surface area contributed by atoms with Crippen LogP contribution in [0.3, 0.4) is 0 Å². The lowest BCUT2D eigenvalue weighted by Crippen LogP contribution is -2.52. The number of benzene rings is 2. The number of sulfonamides is 1. The van der Waals surface area contributed by atoms with E-state index in [1.54, 1.807) is 57.2 Å². The Labute approximate surface area is 278 Å². The smallest absolute Gasteiger partial charge is 0.410 e. The highest BCUT2D eigenvalue weighted by Gasteiger charge is 2.44. The van der Waals surface area contributed by atoms with Gasteiger partial charge in [0.15, 0.2) is 0 Å². The lowest BCUT2D eigenvalue weighted by molar-refractivity contribution is -0.140. The maximum Gasteiger partial charge on any atom is 0.410 e. The fourth-order valence-corrected chi connectivity index (χ4v) is 8.31. The number of anilines is 2. The summed E-state index contributed by atoms with van der Waals surface area (Å²) in [5, 5.41) is 5.57. The highest BCUT2D eigenvalue weighted by Crippen LogP contribution is 2.32. The zero-order valence-corrected chi connectivity index (χ0v) is 28.6. The largest absolute Gasteiger partial charge is 0.444 e. The minimum absolute atomic E-state index is 0.0713. The number of likely N-dealkylation sites (tertiary alicyclic amines) is 2. The van der Waals surface area contributed by atoms with E-state index in [1.165, 1.54) is 26.2 Å². The first-order valence-electron chi connectivity index (χ1n) is 15.5. The zero-order chi connectivity index (χ0) is 33.2. The third-order valence-corrected chi connectivity index (χ3v) is 10.8. The first kappa shape index (κ1) is 33.9. The number of ether oxygens (including phenoxy) is 1. The molecule has 2 N–H and O–H groups in total. The Morgan fingerprint density at radius 3 is 2.07 bits per heavy atom. The molecular weight excluding hydrogens is 678 g/mol. The Bertz CT molecular complexity index is 1590. The summed E-state index contributed by atoms with van der Waals surface area (Å²) in [6.45, 7) is 6.18. The average Bonchev–Trinajstić information content (AvgIpc) is 3.78. The summed E-state index contributed by atoms with van der Waals surface area (Å²) >= 11 is 3.36. The summed E-state index contributed by atoms with van der Waals surface area (Å²) < 4.78 is 35.5. The molecule has 3 heterocycles. The van der Waals surface area contributed by atoms with Gasteiger partial charge in [0.1, 0.15) is 28.6 Å². The van der Waals surface area contributed by atoms with Crippen LogP contribution in [0.1, 0.15) is 59.3 Å². The van der Waals surface area contributed by atoms with Crippen molar-refractivity contribution in [2.45, 2.75) is 87.9 Å². The minimum atomic E-state index is -4.19. The number of hydrogen-bond acceptors (Lipinski definition) is 7. The van der Waals surface area contributed by atoms with Gasteiger partial charge in [-0.2, -0.15) is 4.31 Å². The summed E-state index contributed by atoms with van der Waals surface area (Å²) in [5.41, 5.74) is -0.0928. The van der Waals surface area contributed by atoms with Gasteiger partial charge in [0.2, 0.25) is 27.7 Å². The molecule has 3 aliphatic heterocycles. The molecule has 0 aromatic heterocycles. The molecule has 248 valence electrons. The predicted molar refractivity (Wildman–Crippen MR) is 175 cm³/mol. The summed E-state index contributed by atoms with van der Waals surface area (Å²) in [7, 11) is -4.19. The van der Waals surface area contributed by atoms with E-state index in [9.17, 15) is 27.6 Å². The van der Waals surface area contributed by atoms with E-state index in [4.69, 9.17) is 4.74 Å². The predicted octanol–water partition coefficient (Wildman–Crippen LogP) is 4.57. The maximum absolute atomic E-state index is 14.0. The molecule has 12 nitrogen and oxygen atoms in total. The van der Waals surface area contributed by atoms with Crippen molar-refractivity contribution in [2.24, 2.45) is 0 Å². The Kier molecular flexibility index (Phi) is 10.1. The number of rotatable bonds is 7. The lowest BCUT2D eigenvalue weighted by Gasteiger charge is -2.32. The average molecular weight is 719 g/mol. The molecule has 3 aliphatic rings. The molecule has 2 aromatic carbocycles. The van der Waals surface area contributed by atoms with E-state index < -0.39 is 51.7 Å². The van der Waals surface area contributed by atoms with Crippen molar-refractivity contribution < 1.29 is 32.3 Å². The van der Waals surface area contributed by atoms with Crippen molar-refractivity contribution in [3.8, 4) is 0 Å². The van der Waals surface area contributed by atoms with Crippen LogP contribution >= 0.6 is 15.9 Å². The van der Waals surface area contributed by atoms with E-state index in [1.807, 2.05) is 0 Å². The number of nitrogens with one attached hydrogen (secondary N) is 2. The van der Waals surface area contributed by atoms with Gasteiger partial charge >= 0.3 is 6.09 Å². The van der Waals surface area contributed by atoms with Crippen LogP contribution in [0.5, 0.6) is 0 Å². The standard InChI is InChI=1S/C32H40BrN5O7S/c1-32(2,3)45-31(42)37-19-7-12-26(37)30(41)36-18-6-10-24(36)28(39)35-23-9-4-5-13-27(23)46(43,44)38-20-8-11-25(38)29(40)34-22-16-14-21(33)15-17-22/h4-5,9,13-17,24-26H,6-8,10-12,18-20H2,1-3H3,(H,34,40)(H,35,39)/t24-,25-,26+/m0/s1. The number of hydrogen-bond donors (Lipinski definition) is 2. The molecule has 3 fully saturated rings. The second-order valence-corrected chi connectivity index (χ2v) is 15.6. The van der Waals surface area contributed by atoms with E-state index >= 15 is 0 Å². The van der Waals surface area contributed by atoms with Gasteiger partial charge in [0.05, 0.1) is 5.69 Å². The molecule has 4 amide bonds. The van der Waals surface area contributed by atoms with Crippen LogP contribution < -0.4 is 10.6 Å². The molecular formula is C32H40BrN5O7S. The molecule has 46 heavy (non-hydrogen) atoms. The van der Waals surface area contributed by atoms with Crippen LogP contribution in [0.2, 0.25) is 0 Å². The molecule has 2 aromatic rings. The molecule has 5 rings (SSSR count). The molecule has 14 heteroatoms. The fourth-order valence-electron chi connectivity index (χ4n) is 6.24. The Hall–Kier alpha value is -3.49. The first-order chi connectivity index (χ1) is 21.8. The van der Waals surface area contributed by atoms with Gasteiger partial charge in [0.25, 0.3) is 0 Å². The molecule has 0 spiro atoms. The highest BCUT2D eigenvalue weighted by molar-refractivity contribution is 9.10. The first-order valence-corrected chi connectivity index (χ1v) is 17.8. The number of nitrogens with zero attached hydrogens (tertiary/aromatic N) is 3. The molecule has 0 bridgehead atoms. The van der Waals surface area contributed by atoms with Crippen molar-refractivity contribution >= 4 is 61.1 Å². The third kappa shape index (κ3) is 7.39. The summed E-state index contributed by atoms with van der Waals surface area (Å²) in [6, 6.07) is 10.6. The van der Waals surface area contributed by atoms with Crippen LogP contribution in [0.4, 0.5) is 16.2 Å². The van der Waals surface area contributed by atoms with Gasteiger partial charge in [-0.05, 0) is 95.7 Å². The SMILES string of the molecule is CC(C)(C)OC(=O)N1CCC[C@@H]1C(=O)N1CCC[C@H]1C(=O)Nc1ccccc1S(=O)(=O)N1CCC[C@H]1C(=O)Nc1ccc(Br)cc1. The van der Waals surface area contributed by atoms with E-state index in [2.05, 4.69) is 26.6 Å². The van der Waals surface area contributed by atoms with Crippen molar-refractivity contribution in [2.75, 3.05) is 30.3 Å². The van der Waals surface area contributed by atoms with Crippen LogP contribution in [-0.4, -0.2) is 89.7 Å². The van der Waals surface area contributed by atoms with Crippen molar-refractivity contribution in [1.82, 2.24) is 14.1 Å². The number of amides is 4. The zero-order valence-electron chi connectivity index (χ0n) is 26.2. The molecule has 3 atom stereocenters. The van der Waals surface area contributed by atoms with Crippen LogP contribution in [-0.2, 0) is 29.1 Å². The van der Waals surface area contributed by atoms with Gasteiger partial charge in [0, 0.05) is 29.8 Å². The quantitative estimate of drug-likeness (QED) is 0.427.